The fourth-order valence-electron chi connectivity index (χ4n) is 2.64. The minimum absolute atomic E-state index is 0.238. The third-order valence-corrected chi connectivity index (χ3v) is 3.79. The van der Waals surface area contributed by atoms with E-state index in [0.29, 0.717) is 17.0 Å². The number of ether oxygens (including phenoxy) is 1. The van der Waals surface area contributed by atoms with Crippen LogP contribution in [0.4, 0.5) is 0 Å². The second kappa shape index (κ2) is 4.88. The molecule has 1 unspecified atom stereocenters. The first-order valence-corrected chi connectivity index (χ1v) is 5.89. The van der Waals surface area contributed by atoms with Gasteiger partial charge in [-0.15, -0.1) is 0 Å². The minimum atomic E-state index is -1.34. The number of hydrogen-bond donors (Lipinski definition) is 0. The number of allylic oxidation sites excluding steroid dienone is 2. The molecule has 0 aromatic carbocycles. The van der Waals surface area contributed by atoms with Crippen molar-refractivity contribution in [3.8, 4) is 6.07 Å². The van der Waals surface area contributed by atoms with Crippen LogP contribution in [0, 0.1) is 16.7 Å². The van der Waals surface area contributed by atoms with Gasteiger partial charge in [-0.3, -0.25) is 9.59 Å². The number of ketones is 1. The fraction of sp³-hybridized carbons (Fsp3) is 0.500. The predicted molar refractivity (Wildman–Crippen MR) is 69.6 cm³/mol. The second-order valence-corrected chi connectivity index (χ2v) is 4.76. The van der Waals surface area contributed by atoms with Crippen molar-refractivity contribution in [2.24, 2.45) is 5.41 Å². The Bertz CT molecular complexity index is 552. The highest BCUT2D eigenvalue weighted by Crippen LogP contribution is 2.44. The molecule has 0 aromatic heterocycles. The molecule has 0 bridgehead atoms. The maximum atomic E-state index is 12.2. The average molecular weight is 262 g/mol. The van der Waals surface area contributed by atoms with E-state index < -0.39 is 11.4 Å². The molecule has 0 saturated carbocycles. The van der Waals surface area contributed by atoms with Gasteiger partial charge in [-0.2, -0.15) is 5.26 Å². The zero-order chi connectivity index (χ0) is 15.0. The number of hydrogen-bond acceptors (Lipinski definition) is 5. The van der Waals surface area contributed by atoms with E-state index in [0.717, 1.165) is 0 Å². The Morgan fingerprint density at radius 3 is 2.21 bits per heavy atom. The van der Waals surface area contributed by atoms with E-state index in [2.05, 4.69) is 0 Å². The van der Waals surface area contributed by atoms with E-state index in [4.69, 9.17) is 4.74 Å². The molecule has 0 saturated heterocycles. The first-order valence-electron chi connectivity index (χ1n) is 5.89. The van der Waals surface area contributed by atoms with E-state index in [9.17, 15) is 14.9 Å². The molecule has 0 spiro atoms. The van der Waals surface area contributed by atoms with Crippen molar-refractivity contribution in [3.05, 3.63) is 22.5 Å². The van der Waals surface area contributed by atoms with Crippen LogP contribution in [-0.4, -0.2) is 30.8 Å². The van der Waals surface area contributed by atoms with Gasteiger partial charge in [-0.25, -0.2) is 0 Å². The van der Waals surface area contributed by atoms with Gasteiger partial charge >= 0.3 is 5.97 Å². The van der Waals surface area contributed by atoms with E-state index >= 15 is 0 Å². The van der Waals surface area contributed by atoms with Gasteiger partial charge in [0.2, 0.25) is 0 Å². The topological polar surface area (TPSA) is 70.4 Å². The van der Waals surface area contributed by atoms with Crippen molar-refractivity contribution in [2.45, 2.75) is 27.7 Å². The number of methoxy groups -OCH3 is 1. The van der Waals surface area contributed by atoms with E-state index in [1.165, 1.54) is 14.0 Å². The van der Waals surface area contributed by atoms with Gasteiger partial charge in [-0.1, -0.05) is 0 Å². The molecule has 1 heterocycles. The van der Waals surface area contributed by atoms with Gasteiger partial charge in [-0.05, 0) is 27.7 Å². The molecule has 1 aliphatic rings. The lowest BCUT2D eigenvalue weighted by atomic mass is 9.70. The summed E-state index contributed by atoms with van der Waals surface area (Å²) in [6, 6.07) is 2.05. The number of carbonyl (C=O) groups excluding carboxylic acids is 2. The van der Waals surface area contributed by atoms with Gasteiger partial charge in [0.15, 0.2) is 5.78 Å². The summed E-state index contributed by atoms with van der Waals surface area (Å²) in [5, 5.41) is 9.37. The Morgan fingerprint density at radius 2 is 1.84 bits per heavy atom. The first kappa shape index (κ1) is 15.0. The highest BCUT2D eigenvalue weighted by molar-refractivity contribution is 6.04. The van der Waals surface area contributed by atoms with Gasteiger partial charge in [0, 0.05) is 24.0 Å². The van der Waals surface area contributed by atoms with Crippen LogP contribution in [0.1, 0.15) is 27.7 Å². The molecular weight excluding hydrogens is 244 g/mol. The molecule has 5 heteroatoms. The number of Topliss-reactive ketones (excluding diaryl/α,β-unsaturated/α-hetero) is 1. The third kappa shape index (κ3) is 1.93. The lowest BCUT2D eigenvalue weighted by Crippen LogP contribution is -2.42. The van der Waals surface area contributed by atoms with Gasteiger partial charge in [0.1, 0.15) is 5.41 Å². The van der Waals surface area contributed by atoms with E-state index in [1.54, 1.807) is 32.7 Å². The molecule has 0 N–H and O–H groups in total. The predicted octanol–water partition coefficient (Wildman–Crippen LogP) is 1.77. The van der Waals surface area contributed by atoms with Crippen LogP contribution in [0.3, 0.4) is 0 Å². The lowest BCUT2D eigenvalue weighted by molar-refractivity contribution is -0.148. The van der Waals surface area contributed by atoms with Crippen molar-refractivity contribution in [3.63, 3.8) is 0 Å². The first-order chi connectivity index (χ1) is 8.73. The summed E-state index contributed by atoms with van der Waals surface area (Å²) in [7, 11) is 3.02. The standard InChI is InChI=1S/C14H18N2O3/c1-8-11(7-15)14(4,13(18)19-6)12(10(3)17)9(2)16(8)5/h1-6H3. The Kier molecular flexibility index (Phi) is 3.85. The lowest BCUT2D eigenvalue weighted by Gasteiger charge is -2.39. The Balaban J connectivity index is 3.74. The van der Waals surface area contributed by atoms with Crippen LogP contribution in [0.5, 0.6) is 0 Å². The molecule has 102 valence electrons. The molecule has 0 aromatic rings. The van der Waals surface area contributed by atoms with Crippen LogP contribution >= 0.6 is 0 Å². The number of esters is 1. The van der Waals surface area contributed by atoms with Gasteiger partial charge < -0.3 is 9.64 Å². The fourth-order valence-corrected chi connectivity index (χ4v) is 2.64. The molecule has 1 rings (SSSR count). The van der Waals surface area contributed by atoms with Crippen molar-refractivity contribution in [2.75, 3.05) is 14.2 Å². The maximum Gasteiger partial charge on any atom is 0.321 e. The smallest absolute Gasteiger partial charge is 0.321 e. The molecule has 0 aliphatic carbocycles. The number of nitriles is 1. The van der Waals surface area contributed by atoms with Crippen LogP contribution < -0.4 is 0 Å². The Labute approximate surface area is 113 Å². The van der Waals surface area contributed by atoms with Crippen molar-refractivity contribution in [1.29, 1.82) is 5.26 Å². The number of nitrogens with zero attached hydrogens (tertiary/aromatic N) is 2. The number of rotatable bonds is 2. The van der Waals surface area contributed by atoms with Crippen LogP contribution in [0.15, 0.2) is 22.5 Å². The maximum absolute atomic E-state index is 12.2. The van der Waals surface area contributed by atoms with Crippen molar-refractivity contribution < 1.29 is 14.3 Å². The summed E-state index contributed by atoms with van der Waals surface area (Å²) < 4.78 is 4.81. The largest absolute Gasteiger partial charge is 0.468 e. The second-order valence-electron chi connectivity index (χ2n) is 4.76. The zero-order valence-electron chi connectivity index (χ0n) is 12.1. The molecular formula is C14H18N2O3. The molecule has 0 radical (unpaired) electrons. The quantitative estimate of drug-likeness (QED) is 0.709. The van der Waals surface area contributed by atoms with Gasteiger partial charge in [0.25, 0.3) is 0 Å². The summed E-state index contributed by atoms with van der Waals surface area (Å²) in [5.74, 6) is -0.835. The minimum Gasteiger partial charge on any atom is -0.468 e. The molecule has 1 aliphatic heterocycles. The highest BCUT2D eigenvalue weighted by atomic mass is 16.5. The molecule has 0 amide bonds. The molecule has 19 heavy (non-hydrogen) atoms. The monoisotopic (exact) mass is 262 g/mol. The van der Waals surface area contributed by atoms with E-state index in [-0.39, 0.29) is 11.4 Å². The molecule has 1 atom stereocenters. The SMILES string of the molecule is COC(=O)C1(C)C(C#N)=C(C)N(C)C(C)=C1C(C)=O. The molecule has 0 fully saturated rings. The normalized spacial score (nSPS) is 23.3. The van der Waals surface area contributed by atoms with Crippen LogP contribution in [-0.2, 0) is 14.3 Å². The summed E-state index contributed by atoms with van der Waals surface area (Å²) >= 11 is 0. The number of carbonyl (C=O) groups is 2. The Morgan fingerprint density at radius 1 is 1.32 bits per heavy atom. The molecule has 5 nitrogen and oxygen atoms in total. The summed E-state index contributed by atoms with van der Waals surface area (Å²) in [6.07, 6.45) is 0. The van der Waals surface area contributed by atoms with Crippen molar-refractivity contribution >= 4 is 11.8 Å². The van der Waals surface area contributed by atoms with Gasteiger partial charge in [0.05, 0.1) is 18.8 Å². The zero-order valence-corrected chi connectivity index (χ0v) is 12.1. The summed E-state index contributed by atoms with van der Waals surface area (Å²) in [6.45, 7) is 6.47. The highest BCUT2D eigenvalue weighted by Gasteiger charge is 2.49. The van der Waals surface area contributed by atoms with Crippen molar-refractivity contribution in [1.82, 2.24) is 4.90 Å². The average Bonchev–Trinajstić information content (AvgIpc) is 2.35. The van der Waals surface area contributed by atoms with E-state index in [1.807, 2.05) is 6.07 Å². The van der Waals surface area contributed by atoms with Crippen LogP contribution in [0.2, 0.25) is 0 Å². The summed E-state index contributed by atoms with van der Waals surface area (Å²) in [4.78, 5) is 25.8. The Hall–Kier alpha value is -2.09. The summed E-state index contributed by atoms with van der Waals surface area (Å²) in [5.41, 5.74) is 0.534. The van der Waals surface area contributed by atoms with Crippen LogP contribution in [0.25, 0.3) is 0 Å². The third-order valence-electron chi connectivity index (χ3n) is 3.79.